The molecular formula is C17H24N4O3. The van der Waals surface area contributed by atoms with Crippen molar-refractivity contribution in [2.75, 3.05) is 13.7 Å². The molecule has 7 heteroatoms. The highest BCUT2D eigenvalue weighted by molar-refractivity contribution is 5.86. The number of carbonyl (C=O) groups is 2. The summed E-state index contributed by atoms with van der Waals surface area (Å²) in [5.74, 6) is 6.32. The Hall–Kier alpha value is -2.49. The molecule has 24 heavy (non-hydrogen) atoms. The van der Waals surface area contributed by atoms with Crippen LogP contribution >= 0.6 is 0 Å². The number of aromatic nitrogens is 2. The molecule has 2 unspecified atom stereocenters. The van der Waals surface area contributed by atoms with Gasteiger partial charge in [-0.25, -0.2) is 9.78 Å². The van der Waals surface area contributed by atoms with Gasteiger partial charge in [0, 0.05) is 6.54 Å². The van der Waals surface area contributed by atoms with Gasteiger partial charge in [0.15, 0.2) is 0 Å². The fourth-order valence-corrected chi connectivity index (χ4v) is 2.90. The third kappa shape index (κ3) is 3.88. The molecule has 1 fully saturated rings. The summed E-state index contributed by atoms with van der Waals surface area (Å²) in [6, 6.07) is -0.742. The van der Waals surface area contributed by atoms with Crippen LogP contribution in [0.2, 0.25) is 0 Å². The number of aromatic amines is 1. The highest BCUT2D eigenvalue weighted by Crippen LogP contribution is 2.31. The lowest BCUT2D eigenvalue weighted by Gasteiger charge is -2.29. The number of nitrogens with one attached hydrogen (secondary N) is 2. The summed E-state index contributed by atoms with van der Waals surface area (Å²) in [5.41, 5.74) is 0.736. The van der Waals surface area contributed by atoms with Crippen molar-refractivity contribution >= 4 is 12.0 Å². The van der Waals surface area contributed by atoms with E-state index in [1.165, 1.54) is 7.11 Å². The van der Waals surface area contributed by atoms with Gasteiger partial charge in [-0.3, -0.25) is 4.79 Å². The zero-order chi connectivity index (χ0) is 17.7. The van der Waals surface area contributed by atoms with Crippen molar-refractivity contribution in [1.82, 2.24) is 20.2 Å². The van der Waals surface area contributed by atoms with Crippen molar-refractivity contribution in [2.45, 2.75) is 45.7 Å². The molecule has 1 aliphatic rings. The minimum absolute atomic E-state index is 0.0454. The van der Waals surface area contributed by atoms with Gasteiger partial charge in [0.25, 0.3) is 0 Å². The number of likely N-dealkylation sites (tertiary alicyclic amines) is 1. The average molecular weight is 332 g/mol. The molecule has 1 aromatic rings. The Kier molecular flexibility index (Phi) is 5.85. The first-order chi connectivity index (χ1) is 11.5. The van der Waals surface area contributed by atoms with Gasteiger partial charge in [-0.05, 0) is 31.6 Å². The Balaban J connectivity index is 2.18. The van der Waals surface area contributed by atoms with E-state index in [9.17, 15) is 9.59 Å². The van der Waals surface area contributed by atoms with Crippen LogP contribution in [0.25, 0.3) is 0 Å². The standard InChI is InChI=1S/C17H24N4O3/c1-5-7-12-10-18-15(19-12)13-8-6-9-21(13)16(22)14(11(2)3)20-17(23)24-4/h10-11,13-14H,6,8-9H2,1-4H3,(H,18,19)(H,20,23). The van der Waals surface area contributed by atoms with Crippen LogP contribution in [-0.2, 0) is 9.53 Å². The minimum Gasteiger partial charge on any atom is -0.453 e. The van der Waals surface area contributed by atoms with E-state index in [2.05, 4.69) is 31.9 Å². The van der Waals surface area contributed by atoms with Gasteiger partial charge in [0.05, 0.1) is 19.3 Å². The van der Waals surface area contributed by atoms with Crippen LogP contribution in [0.4, 0.5) is 4.79 Å². The summed E-state index contributed by atoms with van der Waals surface area (Å²) in [7, 11) is 1.29. The molecule has 7 nitrogen and oxygen atoms in total. The van der Waals surface area contributed by atoms with E-state index in [-0.39, 0.29) is 17.9 Å². The van der Waals surface area contributed by atoms with E-state index in [1.54, 1.807) is 18.0 Å². The summed E-state index contributed by atoms with van der Waals surface area (Å²) in [4.78, 5) is 33.8. The van der Waals surface area contributed by atoms with Crippen molar-refractivity contribution in [3.63, 3.8) is 0 Å². The maximum absolute atomic E-state index is 12.9. The number of nitrogens with zero attached hydrogens (tertiary/aromatic N) is 2. The van der Waals surface area contributed by atoms with E-state index < -0.39 is 12.1 Å². The molecule has 2 rings (SSSR count). The third-order valence-electron chi connectivity index (χ3n) is 4.10. The second-order valence-corrected chi connectivity index (χ2v) is 6.10. The van der Waals surface area contributed by atoms with Gasteiger partial charge in [-0.2, -0.15) is 0 Å². The van der Waals surface area contributed by atoms with Crippen LogP contribution in [0.5, 0.6) is 0 Å². The molecule has 0 spiro atoms. The number of H-pyrrole nitrogens is 1. The predicted octanol–water partition coefficient (Wildman–Crippen LogP) is 1.83. The molecule has 0 bridgehead atoms. The Labute approximate surface area is 142 Å². The first-order valence-electron chi connectivity index (χ1n) is 8.10. The second-order valence-electron chi connectivity index (χ2n) is 6.10. The number of alkyl carbamates (subject to hydrolysis) is 1. The first kappa shape index (κ1) is 17.9. The Morgan fingerprint density at radius 2 is 2.25 bits per heavy atom. The number of hydrogen-bond acceptors (Lipinski definition) is 4. The summed E-state index contributed by atoms with van der Waals surface area (Å²) < 4.78 is 4.63. The van der Waals surface area contributed by atoms with Crippen LogP contribution in [0, 0.1) is 17.8 Å². The Morgan fingerprint density at radius 1 is 1.50 bits per heavy atom. The number of methoxy groups -OCH3 is 1. The second kappa shape index (κ2) is 7.86. The molecule has 1 saturated heterocycles. The fraction of sp³-hybridized carbons (Fsp3) is 0.588. The molecule has 2 N–H and O–H groups in total. The number of rotatable bonds is 4. The Bertz CT molecular complexity index is 656. The molecule has 2 amide bonds. The smallest absolute Gasteiger partial charge is 0.407 e. The van der Waals surface area contributed by atoms with Crippen LogP contribution in [-0.4, -0.2) is 46.6 Å². The summed E-state index contributed by atoms with van der Waals surface area (Å²) in [6.45, 7) is 6.19. The lowest BCUT2D eigenvalue weighted by molar-refractivity contribution is -0.135. The highest BCUT2D eigenvalue weighted by atomic mass is 16.5. The van der Waals surface area contributed by atoms with Gasteiger partial charge < -0.3 is 19.9 Å². The van der Waals surface area contributed by atoms with Crippen molar-refractivity contribution in [2.24, 2.45) is 5.92 Å². The van der Waals surface area contributed by atoms with Gasteiger partial charge >= 0.3 is 6.09 Å². The molecule has 1 aromatic heterocycles. The van der Waals surface area contributed by atoms with E-state index >= 15 is 0 Å². The van der Waals surface area contributed by atoms with Crippen molar-refractivity contribution < 1.29 is 14.3 Å². The number of imidazole rings is 1. The first-order valence-corrected chi connectivity index (χ1v) is 8.10. The SMILES string of the molecule is CC#Cc1cnc(C2CCCN2C(=O)C(NC(=O)OC)C(C)C)[nH]1. The van der Waals surface area contributed by atoms with Gasteiger partial charge in [0.1, 0.15) is 17.6 Å². The van der Waals surface area contributed by atoms with Crippen molar-refractivity contribution in [3.8, 4) is 11.8 Å². The zero-order valence-corrected chi connectivity index (χ0v) is 14.5. The lowest BCUT2D eigenvalue weighted by atomic mass is 10.0. The normalized spacial score (nSPS) is 18.0. The van der Waals surface area contributed by atoms with Crippen molar-refractivity contribution in [3.05, 3.63) is 17.7 Å². The molecular weight excluding hydrogens is 308 g/mol. The number of hydrogen-bond donors (Lipinski definition) is 2. The monoisotopic (exact) mass is 332 g/mol. The number of carbonyl (C=O) groups excluding carboxylic acids is 2. The quantitative estimate of drug-likeness (QED) is 0.824. The molecule has 2 heterocycles. The molecule has 1 aliphatic heterocycles. The van der Waals surface area contributed by atoms with Crippen LogP contribution in [0.15, 0.2) is 6.20 Å². The van der Waals surface area contributed by atoms with Gasteiger partial charge in [-0.15, -0.1) is 0 Å². The summed E-state index contributed by atoms with van der Waals surface area (Å²) in [6.07, 6.45) is 2.81. The number of ether oxygens (including phenoxy) is 1. The average Bonchev–Trinajstić information content (AvgIpc) is 3.20. The summed E-state index contributed by atoms with van der Waals surface area (Å²) >= 11 is 0. The maximum Gasteiger partial charge on any atom is 0.407 e. The lowest BCUT2D eigenvalue weighted by Crippen LogP contribution is -2.51. The molecule has 0 radical (unpaired) electrons. The fourth-order valence-electron chi connectivity index (χ4n) is 2.90. The van der Waals surface area contributed by atoms with Gasteiger partial charge in [0.2, 0.25) is 5.91 Å². The predicted molar refractivity (Wildman–Crippen MR) is 89.0 cm³/mol. The third-order valence-corrected chi connectivity index (χ3v) is 4.10. The highest BCUT2D eigenvalue weighted by Gasteiger charge is 2.37. The molecule has 0 aromatic carbocycles. The Morgan fingerprint density at radius 3 is 2.88 bits per heavy atom. The maximum atomic E-state index is 12.9. The van der Waals surface area contributed by atoms with E-state index in [0.29, 0.717) is 6.54 Å². The summed E-state index contributed by atoms with van der Waals surface area (Å²) in [5, 5.41) is 2.63. The van der Waals surface area contributed by atoms with Crippen LogP contribution in [0.3, 0.4) is 0 Å². The van der Waals surface area contributed by atoms with Crippen molar-refractivity contribution in [1.29, 1.82) is 0 Å². The van der Waals surface area contributed by atoms with E-state index in [0.717, 1.165) is 24.4 Å². The van der Waals surface area contributed by atoms with Crippen LogP contribution in [0.1, 0.15) is 51.2 Å². The van der Waals surface area contributed by atoms with E-state index in [1.807, 2.05) is 13.8 Å². The molecule has 0 saturated carbocycles. The molecule has 0 aliphatic carbocycles. The zero-order valence-electron chi connectivity index (χ0n) is 14.5. The molecule has 130 valence electrons. The minimum atomic E-state index is -0.622. The van der Waals surface area contributed by atoms with E-state index in [4.69, 9.17) is 0 Å². The largest absolute Gasteiger partial charge is 0.453 e. The van der Waals surface area contributed by atoms with Crippen LogP contribution < -0.4 is 5.32 Å². The number of amides is 2. The molecule has 2 atom stereocenters. The topological polar surface area (TPSA) is 87.3 Å². The van der Waals surface area contributed by atoms with Gasteiger partial charge in [-0.1, -0.05) is 19.8 Å².